The molecule has 1 amide bonds. The maximum Gasteiger partial charge on any atom is 0.390 e. The molecule has 0 aliphatic rings. The largest absolute Gasteiger partial charge is 0.508 e. The molecular weight excluding hydrogens is 386 g/mol. The molecule has 3 aromatic rings. The molecule has 0 atom stereocenters. The van der Waals surface area contributed by atoms with Crippen LogP contribution in [0.5, 0.6) is 5.75 Å². The number of carbonyl (C=O) groups is 1. The average molecular weight is 400 g/mol. The fourth-order valence-corrected chi connectivity index (χ4v) is 2.47. The average Bonchev–Trinajstić information content (AvgIpc) is 3.09. The Kier molecular flexibility index (Phi) is 5.66. The number of aromatic hydroxyl groups is 1. The van der Waals surface area contributed by atoms with E-state index in [0.717, 1.165) is 11.6 Å². The van der Waals surface area contributed by atoms with Crippen LogP contribution < -0.4 is 5.43 Å². The number of carbonyl (C=O) groups excluding carboxylic acids is 1. The molecule has 0 radical (unpaired) electrons. The summed E-state index contributed by atoms with van der Waals surface area (Å²) in [7, 11) is 0. The summed E-state index contributed by atoms with van der Waals surface area (Å²) in [5, 5.41) is 28.5. The predicted molar refractivity (Wildman–Crippen MR) is 103 cm³/mol. The second kappa shape index (κ2) is 8.31. The lowest BCUT2D eigenvalue weighted by molar-refractivity contribution is -0.389. The van der Waals surface area contributed by atoms with Crippen molar-refractivity contribution in [3.05, 3.63) is 86.6 Å². The maximum absolute atomic E-state index is 12.4. The lowest BCUT2D eigenvalue weighted by atomic mass is 10.2. The molecule has 2 N–H and O–H groups in total. The summed E-state index contributed by atoms with van der Waals surface area (Å²) in [5.74, 6) is -0.981. The number of amides is 1. The van der Waals surface area contributed by atoms with Gasteiger partial charge in [-0.15, -0.1) is 0 Å². The molecule has 9 nitrogen and oxygen atoms in total. The van der Waals surface area contributed by atoms with Crippen molar-refractivity contribution in [2.24, 2.45) is 5.10 Å². The zero-order valence-corrected chi connectivity index (χ0v) is 15.1. The minimum Gasteiger partial charge on any atom is -0.508 e. The van der Waals surface area contributed by atoms with E-state index in [1.807, 2.05) is 0 Å². The zero-order valence-electron chi connectivity index (χ0n) is 14.3. The zero-order chi connectivity index (χ0) is 20.1. The van der Waals surface area contributed by atoms with Gasteiger partial charge in [0.05, 0.1) is 23.9 Å². The number of halogens is 1. The van der Waals surface area contributed by atoms with Gasteiger partial charge in [0.25, 0.3) is 5.91 Å². The Labute approximate surface area is 164 Å². The van der Waals surface area contributed by atoms with Crippen LogP contribution in [0.25, 0.3) is 0 Å². The van der Waals surface area contributed by atoms with E-state index in [-0.39, 0.29) is 18.0 Å². The van der Waals surface area contributed by atoms with Gasteiger partial charge in [0.15, 0.2) is 5.69 Å². The van der Waals surface area contributed by atoms with Gasteiger partial charge < -0.3 is 15.2 Å². The van der Waals surface area contributed by atoms with Crippen molar-refractivity contribution < 1.29 is 14.8 Å². The number of nitrogens with zero attached hydrogens (tertiary/aromatic N) is 4. The van der Waals surface area contributed by atoms with E-state index < -0.39 is 16.6 Å². The minimum atomic E-state index is -0.672. The van der Waals surface area contributed by atoms with E-state index in [9.17, 15) is 20.0 Å². The van der Waals surface area contributed by atoms with Crippen LogP contribution in [-0.4, -0.2) is 31.9 Å². The highest BCUT2D eigenvalue weighted by molar-refractivity contribution is 6.30. The van der Waals surface area contributed by atoms with Gasteiger partial charge in [-0.05, 0) is 52.4 Å². The van der Waals surface area contributed by atoms with E-state index in [2.05, 4.69) is 15.6 Å². The van der Waals surface area contributed by atoms with Crippen molar-refractivity contribution in [3.8, 4) is 5.75 Å². The van der Waals surface area contributed by atoms with Crippen LogP contribution in [0, 0.1) is 10.1 Å². The van der Waals surface area contributed by atoms with Crippen LogP contribution in [0.15, 0.2) is 59.7 Å². The number of nitro groups is 1. The van der Waals surface area contributed by atoms with Crippen LogP contribution in [0.2, 0.25) is 5.02 Å². The topological polar surface area (TPSA) is 123 Å². The molecular formula is C18H14ClN5O4. The van der Waals surface area contributed by atoms with Crippen molar-refractivity contribution in [1.29, 1.82) is 0 Å². The number of benzene rings is 2. The molecule has 0 aliphatic heterocycles. The van der Waals surface area contributed by atoms with Gasteiger partial charge in [0.2, 0.25) is 0 Å². The van der Waals surface area contributed by atoms with Crippen LogP contribution >= 0.6 is 11.6 Å². The van der Waals surface area contributed by atoms with Gasteiger partial charge in [-0.1, -0.05) is 23.7 Å². The summed E-state index contributed by atoms with van der Waals surface area (Å²) in [6.07, 6.45) is 1.38. The van der Waals surface area contributed by atoms with Crippen molar-refractivity contribution in [2.75, 3.05) is 0 Å². The van der Waals surface area contributed by atoms with Gasteiger partial charge in [-0.3, -0.25) is 4.79 Å². The van der Waals surface area contributed by atoms with Gasteiger partial charge in [-0.2, -0.15) is 9.78 Å². The van der Waals surface area contributed by atoms with Gasteiger partial charge >= 0.3 is 5.82 Å². The first-order valence-corrected chi connectivity index (χ1v) is 8.39. The molecule has 1 aromatic heterocycles. The Morgan fingerprint density at radius 2 is 1.93 bits per heavy atom. The predicted octanol–water partition coefficient (Wildman–Crippen LogP) is 2.96. The monoisotopic (exact) mass is 399 g/mol. The fraction of sp³-hybridized carbons (Fsp3) is 0.0556. The summed E-state index contributed by atoms with van der Waals surface area (Å²) in [4.78, 5) is 22.8. The van der Waals surface area contributed by atoms with Crippen molar-refractivity contribution in [1.82, 2.24) is 15.2 Å². The molecule has 0 saturated heterocycles. The maximum atomic E-state index is 12.4. The van der Waals surface area contributed by atoms with E-state index in [4.69, 9.17) is 11.6 Å². The molecule has 0 fully saturated rings. The minimum absolute atomic E-state index is 0.00972. The van der Waals surface area contributed by atoms with E-state index in [0.29, 0.717) is 10.6 Å². The van der Waals surface area contributed by atoms with Gasteiger partial charge in [0.1, 0.15) is 5.75 Å². The van der Waals surface area contributed by atoms with Crippen LogP contribution in [0.4, 0.5) is 5.82 Å². The Hall–Kier alpha value is -3.72. The molecule has 0 spiro atoms. The van der Waals surface area contributed by atoms with Crippen LogP contribution in [0.1, 0.15) is 21.6 Å². The van der Waals surface area contributed by atoms with E-state index >= 15 is 0 Å². The Morgan fingerprint density at radius 1 is 1.25 bits per heavy atom. The summed E-state index contributed by atoms with van der Waals surface area (Å²) >= 11 is 5.85. The molecule has 0 saturated carbocycles. The molecule has 142 valence electrons. The number of hydrogen-bond donors (Lipinski definition) is 2. The normalized spacial score (nSPS) is 10.9. The molecule has 3 rings (SSSR count). The third kappa shape index (κ3) is 4.71. The summed E-state index contributed by atoms with van der Waals surface area (Å²) < 4.78 is 1.23. The van der Waals surface area contributed by atoms with Crippen molar-refractivity contribution in [3.63, 3.8) is 0 Å². The molecule has 2 aromatic carbocycles. The summed E-state index contributed by atoms with van der Waals surface area (Å²) in [5.41, 5.74) is 3.72. The third-order valence-corrected chi connectivity index (χ3v) is 3.96. The highest BCUT2D eigenvalue weighted by Crippen LogP contribution is 2.16. The fourth-order valence-electron chi connectivity index (χ4n) is 2.34. The van der Waals surface area contributed by atoms with Gasteiger partial charge in [-0.25, -0.2) is 5.43 Å². The molecule has 0 aliphatic carbocycles. The van der Waals surface area contributed by atoms with Crippen molar-refractivity contribution in [2.45, 2.75) is 6.54 Å². The highest BCUT2D eigenvalue weighted by atomic mass is 35.5. The lowest BCUT2D eigenvalue weighted by Crippen LogP contribution is -2.22. The highest BCUT2D eigenvalue weighted by Gasteiger charge is 2.23. The number of hydrazone groups is 1. The van der Waals surface area contributed by atoms with Gasteiger partial charge in [0, 0.05) is 5.02 Å². The van der Waals surface area contributed by atoms with Crippen LogP contribution in [0.3, 0.4) is 0 Å². The van der Waals surface area contributed by atoms with Crippen molar-refractivity contribution >= 4 is 29.5 Å². The number of nitrogens with one attached hydrogen (secondary N) is 1. The first-order valence-electron chi connectivity index (χ1n) is 8.01. The SMILES string of the molecule is O=C(N/N=C\c1ccc(O)cc1)c1cc([N+](=O)[O-])nn1Cc1ccc(Cl)cc1. The number of hydrogen-bond acceptors (Lipinski definition) is 6. The Morgan fingerprint density at radius 3 is 2.57 bits per heavy atom. The second-order valence-corrected chi connectivity index (χ2v) is 6.16. The molecule has 0 unspecified atom stereocenters. The first kappa shape index (κ1) is 19.1. The van der Waals surface area contributed by atoms with E-state index in [1.54, 1.807) is 36.4 Å². The number of phenols is 1. The Bertz CT molecular complexity index is 1030. The summed E-state index contributed by atoms with van der Waals surface area (Å²) in [6.45, 7) is 0.148. The molecule has 0 bridgehead atoms. The molecule has 1 heterocycles. The van der Waals surface area contributed by atoms with E-state index in [1.165, 1.54) is 23.0 Å². The third-order valence-electron chi connectivity index (χ3n) is 3.71. The molecule has 10 heteroatoms. The lowest BCUT2D eigenvalue weighted by Gasteiger charge is -2.03. The second-order valence-electron chi connectivity index (χ2n) is 5.72. The number of aromatic nitrogens is 2. The summed E-state index contributed by atoms with van der Waals surface area (Å²) in [6, 6.07) is 14.1. The van der Waals surface area contributed by atoms with Crippen LogP contribution in [-0.2, 0) is 6.54 Å². The first-order chi connectivity index (χ1) is 13.4. The Balaban J connectivity index is 1.78. The smallest absolute Gasteiger partial charge is 0.390 e. The quantitative estimate of drug-likeness (QED) is 0.374. The standard InChI is InChI=1S/C18H14ClN5O4/c19-14-5-1-13(2-6-14)11-23-16(9-17(22-23)24(27)28)18(26)21-20-10-12-3-7-15(25)8-4-12/h1-10,25H,11H2,(H,21,26)/b20-10-. The number of rotatable bonds is 6. The number of phenolic OH excluding ortho intramolecular Hbond substituents is 1. The molecule has 28 heavy (non-hydrogen) atoms.